The Bertz CT molecular complexity index is 1050. The number of carboxylic acid groups (broad SMARTS) is 1. The van der Waals surface area contributed by atoms with Gasteiger partial charge in [-0.3, -0.25) is 0 Å². The number of rotatable bonds is 3. The highest BCUT2D eigenvalue weighted by Crippen LogP contribution is 2.32. The molecule has 24 heavy (non-hydrogen) atoms. The fraction of sp³-hybridized carbons (Fsp3) is 0.0769. The summed E-state index contributed by atoms with van der Waals surface area (Å²) in [5, 5.41) is 14.5. The van der Waals surface area contributed by atoms with Gasteiger partial charge in [0.25, 0.3) is 0 Å². The van der Waals surface area contributed by atoms with Crippen molar-refractivity contribution in [1.29, 1.82) is 0 Å². The molecule has 11 heteroatoms. The van der Waals surface area contributed by atoms with E-state index in [1.165, 1.54) is 6.07 Å². The molecule has 9 nitrogen and oxygen atoms in total. The summed E-state index contributed by atoms with van der Waals surface area (Å²) in [6.45, 7) is 0. The molecule has 3 aromatic rings. The van der Waals surface area contributed by atoms with E-state index in [1.54, 1.807) is 29.8 Å². The molecule has 0 aliphatic rings. The van der Waals surface area contributed by atoms with E-state index in [9.17, 15) is 18.3 Å². The number of fused-ring (bicyclic) bond motifs is 1. The van der Waals surface area contributed by atoms with Gasteiger partial charge in [-0.1, -0.05) is 12.1 Å². The van der Waals surface area contributed by atoms with E-state index in [-0.39, 0.29) is 23.9 Å². The fourth-order valence-electron chi connectivity index (χ4n) is 2.50. The third-order valence-electron chi connectivity index (χ3n) is 3.57. The largest absolute Gasteiger partial charge is 0.477 e. The number of hydrogen-bond acceptors (Lipinski definition) is 5. The molecular weight excluding hydrogens is 358 g/mol. The minimum absolute atomic E-state index is 0. The number of nitrogens with two attached hydrogens (primary N) is 2. The standard InChI is InChI=1S/C13H13N5O4S.ClH/c1-17-9-4-2-3-7(10(9)16-13(17)14)8-5-6-18(23(15,21)22)11(8)12(19)20;/h2-6H,1H3,(H2,14,16)(H,19,20)(H2,15,21,22);1H. The van der Waals surface area contributed by atoms with Crippen molar-refractivity contribution in [2.24, 2.45) is 12.2 Å². The molecule has 0 aliphatic carbocycles. The number of nitrogen functional groups attached to an aromatic ring is 1. The predicted octanol–water partition coefficient (Wildman–Crippen LogP) is 0.796. The minimum Gasteiger partial charge on any atom is -0.477 e. The van der Waals surface area contributed by atoms with Crippen LogP contribution in [0.4, 0.5) is 5.95 Å². The molecule has 0 radical (unpaired) electrons. The summed E-state index contributed by atoms with van der Waals surface area (Å²) in [6.07, 6.45) is 1.10. The highest BCUT2D eigenvalue weighted by molar-refractivity contribution is 7.87. The van der Waals surface area contributed by atoms with Gasteiger partial charge in [0, 0.05) is 24.4 Å². The molecule has 128 valence electrons. The third kappa shape index (κ3) is 2.60. The van der Waals surface area contributed by atoms with Crippen LogP contribution in [0.2, 0.25) is 0 Å². The average Bonchev–Trinajstić information content (AvgIpc) is 3.01. The molecule has 0 saturated carbocycles. The van der Waals surface area contributed by atoms with E-state index in [2.05, 4.69) is 4.98 Å². The van der Waals surface area contributed by atoms with Crippen molar-refractivity contribution >= 4 is 45.6 Å². The van der Waals surface area contributed by atoms with E-state index in [4.69, 9.17) is 10.9 Å². The minimum atomic E-state index is -4.24. The van der Waals surface area contributed by atoms with Crippen LogP contribution in [-0.4, -0.2) is 33.0 Å². The monoisotopic (exact) mass is 371 g/mol. The highest BCUT2D eigenvalue weighted by Gasteiger charge is 2.24. The number of carboxylic acids is 1. The number of imidazole rings is 1. The molecule has 0 unspecified atom stereocenters. The lowest BCUT2D eigenvalue weighted by Crippen LogP contribution is -2.24. The zero-order valence-corrected chi connectivity index (χ0v) is 14.0. The number of aromatic carboxylic acids is 1. The second-order valence-electron chi connectivity index (χ2n) is 4.93. The Kier molecular flexibility index (Phi) is 4.31. The van der Waals surface area contributed by atoms with E-state index < -0.39 is 21.9 Å². The Morgan fingerprint density at radius 1 is 1.25 bits per heavy atom. The molecule has 3 rings (SSSR count). The number of halogens is 1. The van der Waals surface area contributed by atoms with Gasteiger partial charge < -0.3 is 15.4 Å². The van der Waals surface area contributed by atoms with Crippen LogP contribution < -0.4 is 10.9 Å². The Balaban J connectivity index is 0.00000208. The number of carbonyl (C=O) groups is 1. The zero-order chi connectivity index (χ0) is 16.9. The Morgan fingerprint density at radius 3 is 2.50 bits per heavy atom. The van der Waals surface area contributed by atoms with Gasteiger partial charge in [0.1, 0.15) is 0 Å². The summed E-state index contributed by atoms with van der Waals surface area (Å²) in [7, 11) is -2.51. The first-order valence-electron chi connectivity index (χ1n) is 6.41. The lowest BCUT2D eigenvalue weighted by Gasteiger charge is -2.06. The summed E-state index contributed by atoms with van der Waals surface area (Å²) in [6, 6.07) is 6.50. The number of hydrogen-bond donors (Lipinski definition) is 3. The lowest BCUT2D eigenvalue weighted by atomic mass is 10.0. The zero-order valence-electron chi connectivity index (χ0n) is 12.4. The Hall–Kier alpha value is -2.56. The maximum atomic E-state index is 11.6. The smallest absolute Gasteiger partial charge is 0.354 e. The van der Waals surface area contributed by atoms with Crippen LogP contribution in [0.15, 0.2) is 30.5 Å². The van der Waals surface area contributed by atoms with Crippen LogP contribution in [0.5, 0.6) is 0 Å². The van der Waals surface area contributed by atoms with Crippen molar-refractivity contribution in [2.45, 2.75) is 0 Å². The summed E-state index contributed by atoms with van der Waals surface area (Å²) < 4.78 is 25.3. The lowest BCUT2D eigenvalue weighted by molar-refractivity contribution is 0.0690. The first-order valence-corrected chi connectivity index (χ1v) is 7.91. The van der Waals surface area contributed by atoms with E-state index in [0.29, 0.717) is 20.6 Å². The number of para-hydroxylation sites is 1. The van der Waals surface area contributed by atoms with Crippen LogP contribution in [0.25, 0.3) is 22.2 Å². The third-order valence-corrected chi connectivity index (χ3v) is 4.42. The maximum Gasteiger partial charge on any atom is 0.354 e. The molecule has 0 bridgehead atoms. The van der Waals surface area contributed by atoms with Crippen LogP contribution in [0.1, 0.15) is 10.5 Å². The van der Waals surface area contributed by atoms with Gasteiger partial charge in [0.15, 0.2) is 5.69 Å². The van der Waals surface area contributed by atoms with Gasteiger partial charge in [-0.05, 0) is 12.1 Å². The molecule has 5 N–H and O–H groups in total. The predicted molar refractivity (Wildman–Crippen MR) is 91.3 cm³/mol. The van der Waals surface area contributed by atoms with E-state index in [1.807, 2.05) is 0 Å². The molecular formula is C13H14ClN5O4S. The van der Waals surface area contributed by atoms with Crippen molar-refractivity contribution in [3.63, 3.8) is 0 Å². The van der Waals surface area contributed by atoms with E-state index >= 15 is 0 Å². The number of aromatic nitrogens is 3. The number of benzene rings is 1. The van der Waals surface area contributed by atoms with Crippen LogP contribution in [-0.2, 0) is 17.3 Å². The summed E-state index contributed by atoms with van der Waals surface area (Å²) in [4.78, 5) is 15.8. The molecule has 0 atom stereocenters. The Labute approximate surface area is 143 Å². The van der Waals surface area contributed by atoms with Gasteiger partial charge in [-0.25, -0.2) is 18.9 Å². The van der Waals surface area contributed by atoms with Gasteiger partial charge in [-0.15, -0.1) is 12.4 Å². The van der Waals surface area contributed by atoms with Crippen LogP contribution in [0.3, 0.4) is 0 Å². The highest BCUT2D eigenvalue weighted by atomic mass is 35.5. The van der Waals surface area contributed by atoms with E-state index in [0.717, 1.165) is 6.20 Å². The first kappa shape index (κ1) is 17.8. The summed E-state index contributed by atoms with van der Waals surface area (Å²) in [5.74, 6) is -1.16. The second kappa shape index (κ2) is 5.82. The van der Waals surface area contributed by atoms with Crippen LogP contribution >= 0.6 is 12.4 Å². The van der Waals surface area contributed by atoms with Crippen molar-refractivity contribution < 1.29 is 18.3 Å². The van der Waals surface area contributed by atoms with Crippen molar-refractivity contribution in [3.05, 3.63) is 36.2 Å². The SMILES string of the molecule is Cl.Cn1c(N)nc2c(-c3ccn(S(N)(=O)=O)c3C(=O)O)cccc21. The number of aryl methyl sites for hydroxylation is 1. The van der Waals surface area contributed by atoms with Gasteiger partial charge in [0.2, 0.25) is 5.95 Å². The van der Waals surface area contributed by atoms with Gasteiger partial charge >= 0.3 is 16.2 Å². The van der Waals surface area contributed by atoms with Crippen LogP contribution in [0, 0.1) is 0 Å². The number of nitrogens with zero attached hydrogens (tertiary/aromatic N) is 3. The van der Waals surface area contributed by atoms with Crippen molar-refractivity contribution in [2.75, 3.05) is 5.73 Å². The molecule has 2 aromatic heterocycles. The fourth-order valence-corrected chi connectivity index (χ4v) is 3.16. The summed E-state index contributed by atoms with van der Waals surface area (Å²) in [5.41, 5.74) is 7.14. The molecule has 0 aliphatic heterocycles. The van der Waals surface area contributed by atoms with Crippen molar-refractivity contribution in [3.8, 4) is 11.1 Å². The molecule has 0 saturated heterocycles. The average molecular weight is 372 g/mol. The molecule has 2 heterocycles. The number of anilines is 1. The quantitative estimate of drug-likeness (QED) is 0.620. The molecule has 0 amide bonds. The maximum absolute atomic E-state index is 11.6. The van der Waals surface area contributed by atoms with Gasteiger partial charge in [-0.2, -0.15) is 8.42 Å². The normalized spacial score (nSPS) is 11.4. The van der Waals surface area contributed by atoms with Gasteiger partial charge in [0.05, 0.1) is 11.0 Å². The molecule has 1 aromatic carbocycles. The second-order valence-corrected chi connectivity index (χ2v) is 6.35. The van der Waals surface area contributed by atoms with Crippen molar-refractivity contribution in [1.82, 2.24) is 13.5 Å². The molecule has 0 fully saturated rings. The first-order chi connectivity index (χ1) is 10.7. The molecule has 0 spiro atoms. The topological polar surface area (TPSA) is 146 Å². The Morgan fingerprint density at radius 2 is 1.92 bits per heavy atom. The summed E-state index contributed by atoms with van der Waals surface area (Å²) >= 11 is 0.